The summed E-state index contributed by atoms with van der Waals surface area (Å²) in [5.41, 5.74) is 2.68. The van der Waals surface area contributed by atoms with Gasteiger partial charge in [-0.15, -0.1) is 0 Å². The number of benzene rings is 1. The first kappa shape index (κ1) is 11.7. The molecule has 1 aromatic carbocycles. The Morgan fingerprint density at radius 2 is 1.86 bits per heavy atom. The summed E-state index contributed by atoms with van der Waals surface area (Å²) in [6.45, 7) is 9.79. The van der Waals surface area contributed by atoms with Gasteiger partial charge in [-0.2, -0.15) is 0 Å². The highest BCUT2D eigenvalue weighted by atomic mass is 79.9. The summed E-state index contributed by atoms with van der Waals surface area (Å²) in [5, 5.41) is 0. The van der Waals surface area contributed by atoms with Crippen molar-refractivity contribution in [1.82, 2.24) is 4.90 Å². The van der Waals surface area contributed by atoms with E-state index >= 15 is 0 Å². The van der Waals surface area contributed by atoms with Crippen molar-refractivity contribution in [3.63, 3.8) is 0 Å². The van der Waals surface area contributed by atoms with E-state index in [9.17, 15) is 0 Å². The van der Waals surface area contributed by atoms with Gasteiger partial charge in [0.15, 0.2) is 0 Å². The molecule has 14 heavy (non-hydrogen) atoms. The Hall–Kier alpha value is -0.340. The van der Waals surface area contributed by atoms with E-state index in [2.05, 4.69) is 59.8 Å². The van der Waals surface area contributed by atoms with Gasteiger partial charge in [0.2, 0.25) is 0 Å². The third-order valence-electron chi connectivity index (χ3n) is 2.54. The van der Waals surface area contributed by atoms with Gasteiger partial charge >= 0.3 is 0 Å². The number of hydrogen-bond donors (Lipinski definition) is 0. The van der Waals surface area contributed by atoms with E-state index in [0.717, 1.165) is 19.6 Å². The molecule has 1 aromatic rings. The van der Waals surface area contributed by atoms with Crippen LogP contribution in [0.3, 0.4) is 0 Å². The molecule has 0 saturated heterocycles. The molecule has 0 aliphatic rings. The molecule has 0 heterocycles. The van der Waals surface area contributed by atoms with Crippen LogP contribution in [-0.4, -0.2) is 18.0 Å². The maximum absolute atomic E-state index is 3.56. The van der Waals surface area contributed by atoms with Gasteiger partial charge in [0.25, 0.3) is 0 Å². The Labute approximate surface area is 95.2 Å². The first-order valence-corrected chi connectivity index (χ1v) is 5.94. The molecule has 78 valence electrons. The lowest BCUT2D eigenvalue weighted by molar-refractivity contribution is 0.296. The smallest absolute Gasteiger partial charge is 0.0233 e. The van der Waals surface area contributed by atoms with Crippen LogP contribution >= 0.6 is 15.9 Å². The summed E-state index contributed by atoms with van der Waals surface area (Å²) in [6.07, 6.45) is 0. The van der Waals surface area contributed by atoms with E-state index in [1.807, 2.05) is 0 Å². The van der Waals surface area contributed by atoms with Gasteiger partial charge in [0, 0.05) is 11.0 Å². The van der Waals surface area contributed by atoms with E-state index in [4.69, 9.17) is 0 Å². The predicted molar refractivity (Wildman–Crippen MR) is 65.5 cm³/mol. The Morgan fingerprint density at radius 1 is 1.21 bits per heavy atom. The molecule has 2 heteroatoms. The number of hydrogen-bond acceptors (Lipinski definition) is 1. The lowest BCUT2D eigenvalue weighted by atomic mass is 10.1. The minimum absolute atomic E-state index is 1.05. The van der Waals surface area contributed by atoms with E-state index in [1.54, 1.807) is 0 Å². The topological polar surface area (TPSA) is 3.24 Å². The molecule has 1 nitrogen and oxygen atoms in total. The van der Waals surface area contributed by atoms with Crippen LogP contribution in [0.1, 0.15) is 25.0 Å². The molecular formula is C12H18BrN. The summed E-state index contributed by atoms with van der Waals surface area (Å²) >= 11 is 3.56. The molecule has 0 N–H and O–H groups in total. The highest BCUT2D eigenvalue weighted by molar-refractivity contribution is 9.10. The molecule has 0 fully saturated rings. The number of halogens is 1. The van der Waals surface area contributed by atoms with Crippen LogP contribution in [0.4, 0.5) is 0 Å². The average Bonchev–Trinajstić information content (AvgIpc) is 2.19. The average molecular weight is 256 g/mol. The van der Waals surface area contributed by atoms with Crippen LogP contribution < -0.4 is 0 Å². The van der Waals surface area contributed by atoms with Gasteiger partial charge in [-0.25, -0.2) is 0 Å². The van der Waals surface area contributed by atoms with Gasteiger partial charge in [-0.3, -0.25) is 4.90 Å². The second kappa shape index (κ2) is 5.52. The zero-order valence-electron chi connectivity index (χ0n) is 9.18. The quantitative estimate of drug-likeness (QED) is 0.795. The van der Waals surface area contributed by atoms with E-state index < -0.39 is 0 Å². The van der Waals surface area contributed by atoms with Gasteiger partial charge in [0.05, 0.1) is 0 Å². The van der Waals surface area contributed by atoms with Gasteiger partial charge < -0.3 is 0 Å². The van der Waals surface area contributed by atoms with Crippen LogP contribution in [-0.2, 0) is 6.54 Å². The molecule has 1 rings (SSSR count). The minimum atomic E-state index is 1.05. The molecule has 0 aliphatic heterocycles. The van der Waals surface area contributed by atoms with Crippen LogP contribution in [0, 0.1) is 6.92 Å². The number of rotatable bonds is 4. The van der Waals surface area contributed by atoms with Crippen LogP contribution in [0.5, 0.6) is 0 Å². The first-order chi connectivity index (χ1) is 6.67. The van der Waals surface area contributed by atoms with Crippen molar-refractivity contribution in [3.8, 4) is 0 Å². The Kier molecular flexibility index (Phi) is 4.63. The van der Waals surface area contributed by atoms with Crippen molar-refractivity contribution in [2.75, 3.05) is 13.1 Å². The monoisotopic (exact) mass is 255 g/mol. The summed E-state index contributed by atoms with van der Waals surface area (Å²) in [7, 11) is 0. The third kappa shape index (κ3) is 3.10. The Bertz CT molecular complexity index is 292. The lowest BCUT2D eigenvalue weighted by Gasteiger charge is -2.18. The van der Waals surface area contributed by atoms with Crippen LogP contribution in [0.25, 0.3) is 0 Å². The largest absolute Gasteiger partial charge is 0.300 e. The van der Waals surface area contributed by atoms with Crippen molar-refractivity contribution >= 4 is 15.9 Å². The van der Waals surface area contributed by atoms with Crippen molar-refractivity contribution < 1.29 is 0 Å². The van der Waals surface area contributed by atoms with Crippen LogP contribution in [0.2, 0.25) is 0 Å². The zero-order valence-corrected chi connectivity index (χ0v) is 10.8. The molecule has 0 aromatic heterocycles. The van der Waals surface area contributed by atoms with Crippen molar-refractivity contribution in [3.05, 3.63) is 33.8 Å². The molecule has 0 aliphatic carbocycles. The van der Waals surface area contributed by atoms with Crippen molar-refractivity contribution in [2.24, 2.45) is 0 Å². The second-order valence-electron chi connectivity index (χ2n) is 3.54. The maximum Gasteiger partial charge on any atom is 0.0233 e. The lowest BCUT2D eigenvalue weighted by Crippen LogP contribution is -2.22. The summed E-state index contributed by atoms with van der Waals surface area (Å²) in [4.78, 5) is 2.41. The fourth-order valence-corrected chi connectivity index (χ4v) is 1.87. The molecule has 0 radical (unpaired) electrons. The maximum atomic E-state index is 3.56. The predicted octanol–water partition coefficient (Wildman–Crippen LogP) is 3.60. The van der Waals surface area contributed by atoms with Gasteiger partial charge in [0.1, 0.15) is 0 Å². The number of nitrogens with zero attached hydrogens (tertiary/aromatic N) is 1. The van der Waals surface area contributed by atoms with Crippen molar-refractivity contribution in [2.45, 2.75) is 27.3 Å². The standard InChI is InChI=1S/C12H18BrN/c1-4-14(5-2)9-11-7-6-10(3)12(13)8-11/h6-8H,4-5,9H2,1-3H3. The fraction of sp³-hybridized carbons (Fsp3) is 0.500. The summed E-state index contributed by atoms with van der Waals surface area (Å²) in [6, 6.07) is 6.59. The van der Waals surface area contributed by atoms with Crippen LogP contribution in [0.15, 0.2) is 22.7 Å². The van der Waals surface area contributed by atoms with Crippen molar-refractivity contribution in [1.29, 1.82) is 0 Å². The Balaban J connectivity index is 2.72. The molecule has 0 spiro atoms. The zero-order chi connectivity index (χ0) is 10.6. The van der Waals surface area contributed by atoms with E-state index in [-0.39, 0.29) is 0 Å². The second-order valence-corrected chi connectivity index (χ2v) is 4.40. The SMILES string of the molecule is CCN(CC)Cc1ccc(C)c(Br)c1. The van der Waals surface area contributed by atoms with E-state index in [0.29, 0.717) is 0 Å². The highest BCUT2D eigenvalue weighted by Crippen LogP contribution is 2.18. The minimum Gasteiger partial charge on any atom is -0.300 e. The van der Waals surface area contributed by atoms with Gasteiger partial charge in [-0.05, 0) is 37.2 Å². The fourth-order valence-electron chi connectivity index (χ4n) is 1.44. The van der Waals surface area contributed by atoms with E-state index in [1.165, 1.54) is 15.6 Å². The first-order valence-electron chi connectivity index (χ1n) is 5.14. The van der Waals surface area contributed by atoms with Gasteiger partial charge in [-0.1, -0.05) is 41.9 Å². The molecule has 0 saturated carbocycles. The molecular weight excluding hydrogens is 238 g/mol. The summed E-state index contributed by atoms with van der Waals surface area (Å²) < 4.78 is 1.21. The summed E-state index contributed by atoms with van der Waals surface area (Å²) in [5.74, 6) is 0. The molecule has 0 atom stereocenters. The highest BCUT2D eigenvalue weighted by Gasteiger charge is 2.02. The molecule has 0 amide bonds. The molecule has 0 unspecified atom stereocenters. The molecule has 0 bridgehead atoms. The third-order valence-corrected chi connectivity index (χ3v) is 3.39. The Morgan fingerprint density at radius 3 is 2.36 bits per heavy atom. The normalized spacial score (nSPS) is 10.9. The number of aryl methyl sites for hydroxylation is 1.